The van der Waals surface area contributed by atoms with Crippen molar-refractivity contribution < 1.29 is 14.7 Å². The zero-order valence-electron chi connectivity index (χ0n) is 12.5. The average Bonchev–Trinajstić information content (AvgIpc) is 3.07. The highest BCUT2D eigenvalue weighted by atomic mass is 16.4. The third kappa shape index (κ3) is 2.86. The van der Waals surface area contributed by atoms with Crippen LogP contribution in [0.25, 0.3) is 0 Å². The number of nitrogens with zero attached hydrogens (tertiary/aromatic N) is 2. The standard InChI is InChI=1S/C15H25N3O3/c19-13(20)15(5-3-6-15)11-16-14(21)18-9-4-12(10-18)17-7-1-2-8-17/h12H,1-11H2,(H,16,21)(H,19,20). The van der Waals surface area contributed by atoms with E-state index in [1.165, 1.54) is 12.8 Å². The van der Waals surface area contributed by atoms with E-state index in [1.807, 2.05) is 4.90 Å². The first-order valence-electron chi connectivity index (χ1n) is 8.11. The minimum Gasteiger partial charge on any atom is -0.481 e. The topological polar surface area (TPSA) is 72.9 Å². The molecule has 2 saturated heterocycles. The van der Waals surface area contributed by atoms with Crippen molar-refractivity contribution in [2.24, 2.45) is 5.41 Å². The molecule has 0 aromatic heterocycles. The zero-order chi connectivity index (χ0) is 14.9. The number of carboxylic acid groups (broad SMARTS) is 1. The zero-order valence-corrected chi connectivity index (χ0v) is 12.5. The molecular weight excluding hydrogens is 270 g/mol. The molecule has 0 bridgehead atoms. The molecule has 1 saturated carbocycles. The van der Waals surface area contributed by atoms with Crippen LogP contribution >= 0.6 is 0 Å². The number of carbonyl (C=O) groups excluding carboxylic acids is 1. The molecule has 3 fully saturated rings. The SMILES string of the molecule is O=C(NCC1(C(=O)O)CCC1)N1CCC(N2CCCC2)C1. The molecule has 1 unspecified atom stereocenters. The first-order chi connectivity index (χ1) is 10.1. The second-order valence-corrected chi connectivity index (χ2v) is 6.73. The highest BCUT2D eigenvalue weighted by Gasteiger charge is 2.45. The Hall–Kier alpha value is -1.30. The monoisotopic (exact) mass is 295 g/mol. The predicted octanol–water partition coefficient (Wildman–Crippen LogP) is 1.12. The molecule has 2 aliphatic heterocycles. The highest BCUT2D eigenvalue weighted by molar-refractivity contribution is 5.79. The lowest BCUT2D eigenvalue weighted by atomic mass is 9.69. The summed E-state index contributed by atoms with van der Waals surface area (Å²) in [5.41, 5.74) is -0.705. The van der Waals surface area contributed by atoms with Gasteiger partial charge in [-0.2, -0.15) is 0 Å². The van der Waals surface area contributed by atoms with Gasteiger partial charge in [-0.1, -0.05) is 6.42 Å². The van der Waals surface area contributed by atoms with Gasteiger partial charge in [-0.25, -0.2) is 4.79 Å². The van der Waals surface area contributed by atoms with Crippen LogP contribution in [0.2, 0.25) is 0 Å². The summed E-state index contributed by atoms with van der Waals surface area (Å²) in [6.07, 6.45) is 5.88. The number of aliphatic carboxylic acids is 1. The average molecular weight is 295 g/mol. The van der Waals surface area contributed by atoms with Crippen LogP contribution in [0, 0.1) is 5.41 Å². The lowest BCUT2D eigenvalue weighted by Crippen LogP contribution is -2.50. The van der Waals surface area contributed by atoms with Gasteiger partial charge in [0.25, 0.3) is 0 Å². The van der Waals surface area contributed by atoms with Gasteiger partial charge >= 0.3 is 12.0 Å². The van der Waals surface area contributed by atoms with Crippen LogP contribution in [-0.2, 0) is 4.79 Å². The highest BCUT2D eigenvalue weighted by Crippen LogP contribution is 2.40. The second-order valence-electron chi connectivity index (χ2n) is 6.73. The summed E-state index contributed by atoms with van der Waals surface area (Å²) in [7, 11) is 0. The molecule has 2 amide bonds. The Morgan fingerprint density at radius 3 is 2.43 bits per heavy atom. The third-order valence-electron chi connectivity index (χ3n) is 5.45. The Morgan fingerprint density at radius 2 is 1.86 bits per heavy atom. The lowest BCUT2D eigenvalue weighted by molar-refractivity contribution is -0.153. The molecule has 1 atom stereocenters. The van der Waals surface area contributed by atoms with Crippen molar-refractivity contribution in [2.45, 2.75) is 44.6 Å². The Labute approximate surface area is 125 Å². The van der Waals surface area contributed by atoms with Crippen LogP contribution in [0.1, 0.15) is 38.5 Å². The lowest BCUT2D eigenvalue weighted by Gasteiger charge is -2.38. The van der Waals surface area contributed by atoms with Crippen molar-refractivity contribution >= 4 is 12.0 Å². The van der Waals surface area contributed by atoms with Gasteiger partial charge in [-0.3, -0.25) is 9.69 Å². The van der Waals surface area contributed by atoms with Crippen molar-refractivity contribution in [3.63, 3.8) is 0 Å². The number of urea groups is 1. The predicted molar refractivity (Wildman–Crippen MR) is 78.1 cm³/mol. The fraction of sp³-hybridized carbons (Fsp3) is 0.867. The maximum atomic E-state index is 12.2. The van der Waals surface area contributed by atoms with Gasteiger partial charge < -0.3 is 15.3 Å². The first-order valence-corrected chi connectivity index (χ1v) is 8.11. The summed E-state index contributed by atoms with van der Waals surface area (Å²) < 4.78 is 0. The number of likely N-dealkylation sites (tertiary alicyclic amines) is 2. The Kier molecular flexibility index (Phi) is 4.06. The van der Waals surface area contributed by atoms with Gasteiger partial charge in [0.15, 0.2) is 0 Å². The Morgan fingerprint density at radius 1 is 1.14 bits per heavy atom. The molecule has 1 aliphatic carbocycles. The van der Waals surface area contributed by atoms with E-state index in [1.54, 1.807) is 0 Å². The van der Waals surface area contributed by atoms with Gasteiger partial charge in [0.1, 0.15) is 0 Å². The van der Waals surface area contributed by atoms with E-state index in [2.05, 4.69) is 10.2 Å². The first kappa shape index (κ1) is 14.6. The summed E-state index contributed by atoms with van der Waals surface area (Å²) in [5, 5.41) is 12.1. The minimum absolute atomic E-state index is 0.0933. The molecular formula is C15H25N3O3. The molecule has 0 aromatic carbocycles. The second kappa shape index (κ2) is 5.83. The van der Waals surface area contributed by atoms with Gasteiger partial charge in [0, 0.05) is 25.7 Å². The van der Waals surface area contributed by atoms with Crippen molar-refractivity contribution in [3.05, 3.63) is 0 Å². The third-order valence-corrected chi connectivity index (χ3v) is 5.45. The summed E-state index contributed by atoms with van der Waals surface area (Å²) in [4.78, 5) is 27.8. The van der Waals surface area contributed by atoms with Crippen LogP contribution in [0.15, 0.2) is 0 Å². The van der Waals surface area contributed by atoms with Crippen molar-refractivity contribution in [2.75, 3.05) is 32.7 Å². The number of hydrogen-bond acceptors (Lipinski definition) is 3. The van der Waals surface area contributed by atoms with Gasteiger partial charge in [-0.15, -0.1) is 0 Å². The summed E-state index contributed by atoms with van der Waals surface area (Å²) >= 11 is 0. The molecule has 2 N–H and O–H groups in total. The fourth-order valence-corrected chi connectivity index (χ4v) is 3.76. The van der Waals surface area contributed by atoms with Crippen molar-refractivity contribution in [3.8, 4) is 0 Å². The molecule has 3 aliphatic rings. The molecule has 0 radical (unpaired) electrons. The number of carbonyl (C=O) groups is 2. The van der Waals surface area contributed by atoms with Crippen LogP contribution in [-0.4, -0.2) is 65.7 Å². The van der Waals surface area contributed by atoms with Crippen molar-refractivity contribution in [1.29, 1.82) is 0 Å². The van der Waals surface area contributed by atoms with Gasteiger partial charge in [0.2, 0.25) is 0 Å². The fourth-order valence-electron chi connectivity index (χ4n) is 3.76. The summed E-state index contributed by atoms with van der Waals surface area (Å²) in [6.45, 7) is 4.15. The molecule has 6 nitrogen and oxygen atoms in total. The van der Waals surface area contributed by atoms with Gasteiger partial charge in [-0.05, 0) is 45.2 Å². The van der Waals surface area contributed by atoms with E-state index in [4.69, 9.17) is 0 Å². The smallest absolute Gasteiger partial charge is 0.317 e. The van der Waals surface area contributed by atoms with E-state index in [0.717, 1.165) is 39.0 Å². The van der Waals surface area contributed by atoms with E-state index in [9.17, 15) is 14.7 Å². The normalized spacial score (nSPS) is 28.4. The largest absolute Gasteiger partial charge is 0.481 e. The maximum Gasteiger partial charge on any atom is 0.317 e. The number of amides is 2. The maximum absolute atomic E-state index is 12.2. The number of rotatable bonds is 4. The minimum atomic E-state index is -0.773. The van der Waals surface area contributed by atoms with Crippen LogP contribution in [0.3, 0.4) is 0 Å². The van der Waals surface area contributed by atoms with E-state index in [-0.39, 0.29) is 12.6 Å². The Bertz CT molecular complexity index is 416. The molecule has 6 heteroatoms. The van der Waals surface area contributed by atoms with Crippen LogP contribution < -0.4 is 5.32 Å². The quantitative estimate of drug-likeness (QED) is 0.815. The molecule has 3 rings (SSSR count). The van der Waals surface area contributed by atoms with E-state index in [0.29, 0.717) is 18.9 Å². The summed E-state index contributed by atoms with van der Waals surface area (Å²) in [5.74, 6) is -0.773. The molecule has 118 valence electrons. The number of hydrogen-bond donors (Lipinski definition) is 2. The van der Waals surface area contributed by atoms with E-state index >= 15 is 0 Å². The van der Waals surface area contributed by atoms with Crippen LogP contribution in [0.5, 0.6) is 0 Å². The molecule has 2 heterocycles. The van der Waals surface area contributed by atoms with Crippen molar-refractivity contribution in [1.82, 2.24) is 15.1 Å². The molecule has 0 aromatic rings. The number of nitrogens with one attached hydrogen (secondary N) is 1. The molecule has 0 spiro atoms. The summed E-state index contributed by atoms with van der Waals surface area (Å²) in [6, 6.07) is 0.402. The molecule has 21 heavy (non-hydrogen) atoms. The van der Waals surface area contributed by atoms with E-state index < -0.39 is 11.4 Å². The number of carboxylic acids is 1. The Balaban J connectivity index is 1.47. The van der Waals surface area contributed by atoms with Crippen LogP contribution in [0.4, 0.5) is 4.79 Å². The van der Waals surface area contributed by atoms with Gasteiger partial charge in [0.05, 0.1) is 5.41 Å².